The molecule has 114 valence electrons. The molecule has 1 aromatic heterocycles. The summed E-state index contributed by atoms with van der Waals surface area (Å²) in [5, 5.41) is 3.42. The Morgan fingerprint density at radius 3 is 2.57 bits per heavy atom. The molecule has 2 rings (SSSR count). The van der Waals surface area contributed by atoms with Crippen LogP contribution in [0, 0.1) is 20.8 Å². The Bertz CT molecular complexity index is 587. The standard InChI is InChI=1S/C18H26N2O/c1-14-7-5-6-8-17(14)13-20-15(2)11-18(16(20)3)12-19-9-10-21-4/h5-8,11,19H,9-10,12-13H2,1-4H3. The summed E-state index contributed by atoms with van der Waals surface area (Å²) in [6.45, 7) is 10.1. The topological polar surface area (TPSA) is 26.2 Å². The maximum atomic E-state index is 5.06. The van der Waals surface area contributed by atoms with Crippen LogP contribution in [-0.2, 0) is 17.8 Å². The number of methoxy groups -OCH3 is 1. The molecule has 2 aromatic rings. The molecule has 0 spiro atoms. The van der Waals surface area contributed by atoms with Crippen molar-refractivity contribution in [2.24, 2.45) is 0 Å². The van der Waals surface area contributed by atoms with Crippen molar-refractivity contribution in [1.82, 2.24) is 9.88 Å². The van der Waals surface area contributed by atoms with Crippen LogP contribution >= 0.6 is 0 Å². The van der Waals surface area contributed by atoms with Gasteiger partial charge in [-0.3, -0.25) is 0 Å². The fourth-order valence-corrected chi connectivity index (χ4v) is 2.65. The minimum Gasteiger partial charge on any atom is -0.383 e. The first-order valence-corrected chi connectivity index (χ1v) is 7.53. The first kappa shape index (κ1) is 15.8. The summed E-state index contributed by atoms with van der Waals surface area (Å²) < 4.78 is 7.46. The Morgan fingerprint density at radius 1 is 1.10 bits per heavy atom. The Kier molecular flexibility index (Phi) is 5.59. The Morgan fingerprint density at radius 2 is 1.86 bits per heavy atom. The predicted octanol–water partition coefficient (Wildman–Crippen LogP) is 3.20. The number of nitrogens with one attached hydrogen (secondary N) is 1. The van der Waals surface area contributed by atoms with E-state index in [0.717, 1.165) is 26.2 Å². The SMILES string of the molecule is COCCNCc1cc(C)n(Cc2ccccc2C)c1C. The summed E-state index contributed by atoms with van der Waals surface area (Å²) in [6, 6.07) is 10.9. The van der Waals surface area contributed by atoms with Crippen molar-refractivity contribution in [3.8, 4) is 0 Å². The molecule has 0 atom stereocenters. The fourth-order valence-electron chi connectivity index (χ4n) is 2.65. The highest BCUT2D eigenvalue weighted by Gasteiger charge is 2.09. The molecule has 0 saturated heterocycles. The molecule has 0 radical (unpaired) electrons. The third-order valence-electron chi connectivity index (χ3n) is 4.07. The molecule has 3 heteroatoms. The van der Waals surface area contributed by atoms with Crippen molar-refractivity contribution in [1.29, 1.82) is 0 Å². The number of hydrogen-bond donors (Lipinski definition) is 1. The molecule has 0 saturated carbocycles. The molecule has 1 aromatic carbocycles. The van der Waals surface area contributed by atoms with Crippen molar-refractivity contribution in [2.45, 2.75) is 33.9 Å². The van der Waals surface area contributed by atoms with E-state index < -0.39 is 0 Å². The van der Waals surface area contributed by atoms with Gasteiger partial charge in [0.1, 0.15) is 0 Å². The van der Waals surface area contributed by atoms with Crippen LogP contribution in [0.4, 0.5) is 0 Å². The molecule has 0 amide bonds. The number of rotatable bonds is 7. The van der Waals surface area contributed by atoms with Gasteiger partial charge in [-0.25, -0.2) is 0 Å². The third-order valence-corrected chi connectivity index (χ3v) is 4.07. The quantitative estimate of drug-likeness (QED) is 0.791. The maximum Gasteiger partial charge on any atom is 0.0587 e. The molecular formula is C18H26N2O. The molecular weight excluding hydrogens is 260 g/mol. The normalized spacial score (nSPS) is 11.0. The van der Waals surface area contributed by atoms with Gasteiger partial charge in [0, 0.05) is 38.1 Å². The molecule has 0 aliphatic carbocycles. The molecule has 0 aliphatic rings. The number of nitrogens with zero attached hydrogens (tertiary/aromatic N) is 1. The van der Waals surface area contributed by atoms with Crippen molar-refractivity contribution < 1.29 is 4.74 Å². The van der Waals surface area contributed by atoms with E-state index >= 15 is 0 Å². The van der Waals surface area contributed by atoms with Crippen molar-refractivity contribution in [3.05, 3.63) is 58.4 Å². The van der Waals surface area contributed by atoms with E-state index in [9.17, 15) is 0 Å². The second-order valence-electron chi connectivity index (χ2n) is 5.58. The predicted molar refractivity (Wildman–Crippen MR) is 87.8 cm³/mol. The van der Waals surface area contributed by atoms with Crippen LogP contribution in [0.25, 0.3) is 0 Å². The van der Waals surface area contributed by atoms with Gasteiger partial charge in [-0.05, 0) is 43.5 Å². The van der Waals surface area contributed by atoms with Crippen LogP contribution in [0.15, 0.2) is 30.3 Å². The fraction of sp³-hybridized carbons (Fsp3) is 0.444. The van der Waals surface area contributed by atoms with Crippen LogP contribution in [0.3, 0.4) is 0 Å². The zero-order chi connectivity index (χ0) is 15.2. The second-order valence-corrected chi connectivity index (χ2v) is 5.58. The van der Waals surface area contributed by atoms with Crippen LogP contribution in [0.2, 0.25) is 0 Å². The lowest BCUT2D eigenvalue weighted by Gasteiger charge is -2.12. The van der Waals surface area contributed by atoms with Crippen LogP contribution in [-0.4, -0.2) is 24.8 Å². The van der Waals surface area contributed by atoms with Crippen LogP contribution in [0.5, 0.6) is 0 Å². The van der Waals surface area contributed by atoms with Gasteiger partial charge in [0.2, 0.25) is 0 Å². The Hall–Kier alpha value is -1.58. The molecule has 0 unspecified atom stereocenters. The number of ether oxygens (including phenoxy) is 1. The van der Waals surface area contributed by atoms with Gasteiger partial charge < -0.3 is 14.6 Å². The van der Waals surface area contributed by atoms with Gasteiger partial charge in [0.15, 0.2) is 0 Å². The Labute approximate surface area is 127 Å². The number of benzene rings is 1. The van der Waals surface area contributed by atoms with E-state index in [1.54, 1.807) is 7.11 Å². The van der Waals surface area contributed by atoms with Crippen molar-refractivity contribution in [2.75, 3.05) is 20.3 Å². The minimum atomic E-state index is 0.752. The van der Waals surface area contributed by atoms with E-state index in [2.05, 4.69) is 61.0 Å². The summed E-state index contributed by atoms with van der Waals surface area (Å²) in [6.07, 6.45) is 0. The van der Waals surface area contributed by atoms with E-state index in [1.165, 1.54) is 28.1 Å². The summed E-state index contributed by atoms with van der Waals surface area (Å²) in [5.74, 6) is 0. The first-order chi connectivity index (χ1) is 10.1. The lowest BCUT2D eigenvalue weighted by atomic mass is 10.1. The Balaban J connectivity index is 2.10. The van der Waals surface area contributed by atoms with E-state index in [1.807, 2.05) is 0 Å². The largest absolute Gasteiger partial charge is 0.383 e. The van der Waals surface area contributed by atoms with E-state index in [0.29, 0.717) is 0 Å². The maximum absolute atomic E-state index is 5.06. The molecule has 0 aliphatic heterocycles. The van der Waals surface area contributed by atoms with Gasteiger partial charge >= 0.3 is 0 Å². The summed E-state index contributed by atoms with van der Waals surface area (Å²) in [4.78, 5) is 0. The number of aromatic nitrogens is 1. The number of hydrogen-bond acceptors (Lipinski definition) is 2. The highest BCUT2D eigenvalue weighted by Crippen LogP contribution is 2.18. The molecule has 1 heterocycles. The zero-order valence-corrected chi connectivity index (χ0v) is 13.6. The van der Waals surface area contributed by atoms with Gasteiger partial charge in [0.25, 0.3) is 0 Å². The molecule has 3 nitrogen and oxygen atoms in total. The van der Waals surface area contributed by atoms with Gasteiger partial charge in [-0.2, -0.15) is 0 Å². The summed E-state index contributed by atoms with van der Waals surface area (Å²) in [7, 11) is 1.73. The van der Waals surface area contributed by atoms with Crippen molar-refractivity contribution >= 4 is 0 Å². The lowest BCUT2D eigenvalue weighted by Crippen LogP contribution is -2.19. The smallest absolute Gasteiger partial charge is 0.0587 e. The third kappa shape index (κ3) is 3.96. The van der Waals surface area contributed by atoms with E-state index in [4.69, 9.17) is 4.74 Å². The first-order valence-electron chi connectivity index (χ1n) is 7.53. The molecule has 21 heavy (non-hydrogen) atoms. The highest BCUT2D eigenvalue weighted by molar-refractivity contribution is 5.31. The summed E-state index contributed by atoms with van der Waals surface area (Å²) >= 11 is 0. The van der Waals surface area contributed by atoms with Crippen molar-refractivity contribution in [3.63, 3.8) is 0 Å². The summed E-state index contributed by atoms with van der Waals surface area (Å²) in [5.41, 5.74) is 6.78. The monoisotopic (exact) mass is 286 g/mol. The van der Waals surface area contributed by atoms with Crippen LogP contribution in [0.1, 0.15) is 28.1 Å². The minimum absolute atomic E-state index is 0.752. The molecule has 0 bridgehead atoms. The van der Waals surface area contributed by atoms with Gasteiger partial charge in [0.05, 0.1) is 6.61 Å². The molecule has 1 N–H and O–H groups in total. The van der Waals surface area contributed by atoms with Gasteiger partial charge in [-0.1, -0.05) is 24.3 Å². The number of aryl methyl sites for hydroxylation is 2. The zero-order valence-electron chi connectivity index (χ0n) is 13.6. The lowest BCUT2D eigenvalue weighted by molar-refractivity contribution is 0.199. The second kappa shape index (κ2) is 7.43. The average molecular weight is 286 g/mol. The van der Waals surface area contributed by atoms with E-state index in [-0.39, 0.29) is 0 Å². The average Bonchev–Trinajstić information content (AvgIpc) is 2.73. The highest BCUT2D eigenvalue weighted by atomic mass is 16.5. The molecule has 0 fully saturated rings. The van der Waals surface area contributed by atoms with Crippen LogP contribution < -0.4 is 5.32 Å². The van der Waals surface area contributed by atoms with Gasteiger partial charge in [-0.15, -0.1) is 0 Å².